The van der Waals surface area contributed by atoms with Crippen molar-refractivity contribution < 1.29 is 0 Å². The maximum atomic E-state index is 5.86. The molecule has 1 aliphatic carbocycles. The van der Waals surface area contributed by atoms with Gasteiger partial charge in [-0.15, -0.1) is 0 Å². The highest BCUT2D eigenvalue weighted by Gasteiger charge is 2.34. The van der Waals surface area contributed by atoms with Gasteiger partial charge in [0.2, 0.25) is 0 Å². The smallest absolute Gasteiger partial charge is 0.00460 e. The molecule has 1 saturated carbocycles. The maximum absolute atomic E-state index is 5.86. The Morgan fingerprint density at radius 1 is 0.929 bits per heavy atom. The summed E-state index contributed by atoms with van der Waals surface area (Å²) in [5, 5.41) is 0. The molecule has 2 nitrogen and oxygen atoms in total. The number of rotatable bonds is 4. The first-order chi connectivity index (χ1) is 6.76. The van der Waals surface area contributed by atoms with E-state index in [1.807, 2.05) is 0 Å². The van der Waals surface area contributed by atoms with Gasteiger partial charge >= 0.3 is 0 Å². The van der Waals surface area contributed by atoms with Crippen LogP contribution in [0.4, 0.5) is 0 Å². The lowest BCUT2D eigenvalue weighted by Crippen LogP contribution is -2.38. The van der Waals surface area contributed by atoms with Crippen LogP contribution in [0, 0.1) is 23.7 Å². The molecule has 0 saturated heterocycles. The van der Waals surface area contributed by atoms with Crippen molar-refractivity contribution in [3.8, 4) is 0 Å². The zero-order valence-corrected chi connectivity index (χ0v) is 9.71. The van der Waals surface area contributed by atoms with Gasteiger partial charge in [-0.1, -0.05) is 26.7 Å². The van der Waals surface area contributed by atoms with E-state index in [2.05, 4.69) is 13.8 Å². The molecular formula is C12H26N2. The Labute approximate surface area is 88.4 Å². The normalized spacial score (nSPS) is 38.6. The lowest BCUT2D eigenvalue weighted by atomic mass is 9.66. The molecule has 0 aromatic carbocycles. The van der Waals surface area contributed by atoms with Crippen molar-refractivity contribution in [2.75, 3.05) is 13.1 Å². The highest BCUT2D eigenvalue weighted by molar-refractivity contribution is 4.85. The lowest BCUT2D eigenvalue weighted by molar-refractivity contribution is 0.105. The van der Waals surface area contributed by atoms with Gasteiger partial charge in [0.25, 0.3) is 0 Å². The average molecular weight is 198 g/mol. The van der Waals surface area contributed by atoms with E-state index < -0.39 is 0 Å². The topological polar surface area (TPSA) is 52.0 Å². The summed E-state index contributed by atoms with van der Waals surface area (Å²) < 4.78 is 0. The van der Waals surface area contributed by atoms with E-state index in [1.165, 1.54) is 25.7 Å². The van der Waals surface area contributed by atoms with Crippen molar-refractivity contribution in [3.63, 3.8) is 0 Å². The van der Waals surface area contributed by atoms with Gasteiger partial charge in [0, 0.05) is 0 Å². The second kappa shape index (κ2) is 5.72. The predicted octanol–water partition coefficient (Wildman–Crippen LogP) is 1.98. The largest absolute Gasteiger partial charge is 0.330 e. The summed E-state index contributed by atoms with van der Waals surface area (Å²) in [5.74, 6) is 3.19. The molecule has 84 valence electrons. The molecule has 0 aromatic rings. The van der Waals surface area contributed by atoms with E-state index in [0.29, 0.717) is 0 Å². The highest BCUT2D eigenvalue weighted by Crippen LogP contribution is 2.40. The van der Waals surface area contributed by atoms with Gasteiger partial charge in [0.15, 0.2) is 0 Å². The fourth-order valence-electron chi connectivity index (χ4n) is 3.29. The van der Waals surface area contributed by atoms with Crippen molar-refractivity contribution >= 4 is 0 Å². The molecule has 14 heavy (non-hydrogen) atoms. The average Bonchev–Trinajstić information content (AvgIpc) is 2.26. The third-order valence-electron chi connectivity index (χ3n) is 4.12. The van der Waals surface area contributed by atoms with Crippen molar-refractivity contribution in [2.45, 2.75) is 39.5 Å². The molecule has 4 unspecified atom stereocenters. The number of hydrogen-bond donors (Lipinski definition) is 2. The maximum Gasteiger partial charge on any atom is -0.00460 e. The minimum atomic E-state index is 0.729. The third kappa shape index (κ3) is 2.48. The molecule has 0 spiro atoms. The SMILES string of the molecule is CCC1CC(CN)CC(CN)C1CC. The molecule has 0 aromatic heterocycles. The van der Waals surface area contributed by atoms with Crippen LogP contribution >= 0.6 is 0 Å². The van der Waals surface area contributed by atoms with E-state index in [4.69, 9.17) is 11.5 Å². The van der Waals surface area contributed by atoms with Crippen molar-refractivity contribution in [1.29, 1.82) is 0 Å². The summed E-state index contributed by atoms with van der Waals surface area (Å²) in [5.41, 5.74) is 11.6. The fraction of sp³-hybridized carbons (Fsp3) is 1.00. The third-order valence-corrected chi connectivity index (χ3v) is 4.12. The molecule has 0 bridgehead atoms. The van der Waals surface area contributed by atoms with Crippen molar-refractivity contribution in [2.24, 2.45) is 35.1 Å². The van der Waals surface area contributed by atoms with Crippen LogP contribution < -0.4 is 11.5 Å². The van der Waals surface area contributed by atoms with Crippen LogP contribution in [-0.4, -0.2) is 13.1 Å². The van der Waals surface area contributed by atoms with E-state index in [1.54, 1.807) is 0 Å². The summed E-state index contributed by atoms with van der Waals surface area (Å²) in [6.07, 6.45) is 5.19. The molecule has 0 radical (unpaired) electrons. The minimum Gasteiger partial charge on any atom is -0.330 e. The molecule has 0 amide bonds. The van der Waals surface area contributed by atoms with Crippen LogP contribution in [0.3, 0.4) is 0 Å². The summed E-state index contributed by atoms with van der Waals surface area (Å²) in [7, 11) is 0. The van der Waals surface area contributed by atoms with Gasteiger partial charge in [-0.3, -0.25) is 0 Å². The second-order valence-corrected chi connectivity index (χ2v) is 4.81. The Hall–Kier alpha value is -0.0800. The van der Waals surface area contributed by atoms with Crippen LogP contribution in [0.5, 0.6) is 0 Å². The van der Waals surface area contributed by atoms with Crippen LogP contribution in [0.1, 0.15) is 39.5 Å². The first-order valence-corrected chi connectivity index (χ1v) is 6.16. The zero-order chi connectivity index (χ0) is 10.6. The van der Waals surface area contributed by atoms with E-state index >= 15 is 0 Å². The number of nitrogens with two attached hydrogens (primary N) is 2. The summed E-state index contributed by atoms with van der Waals surface area (Å²) in [6.45, 7) is 6.31. The Morgan fingerprint density at radius 2 is 1.57 bits per heavy atom. The Kier molecular flexibility index (Phi) is 4.90. The number of hydrogen-bond acceptors (Lipinski definition) is 2. The monoisotopic (exact) mass is 198 g/mol. The summed E-state index contributed by atoms with van der Waals surface area (Å²) in [4.78, 5) is 0. The summed E-state index contributed by atoms with van der Waals surface area (Å²) >= 11 is 0. The summed E-state index contributed by atoms with van der Waals surface area (Å²) in [6, 6.07) is 0. The van der Waals surface area contributed by atoms with Crippen LogP contribution in [0.15, 0.2) is 0 Å². The van der Waals surface area contributed by atoms with E-state index in [-0.39, 0.29) is 0 Å². The van der Waals surface area contributed by atoms with Crippen LogP contribution in [0.25, 0.3) is 0 Å². The van der Waals surface area contributed by atoms with Crippen LogP contribution in [0.2, 0.25) is 0 Å². The zero-order valence-electron chi connectivity index (χ0n) is 9.71. The molecule has 1 rings (SSSR count). The first kappa shape index (κ1) is 12.0. The standard InChI is InChI=1S/C12H26N2/c1-3-10-5-9(7-13)6-11(8-14)12(10)4-2/h9-12H,3-8,13-14H2,1-2H3. The molecular weight excluding hydrogens is 172 g/mol. The lowest BCUT2D eigenvalue weighted by Gasteiger charge is -2.41. The van der Waals surface area contributed by atoms with E-state index in [0.717, 1.165) is 36.8 Å². The highest BCUT2D eigenvalue weighted by atomic mass is 14.6. The van der Waals surface area contributed by atoms with Gasteiger partial charge in [-0.25, -0.2) is 0 Å². The van der Waals surface area contributed by atoms with Gasteiger partial charge in [-0.05, 0) is 49.6 Å². The molecule has 0 heterocycles. The van der Waals surface area contributed by atoms with Crippen molar-refractivity contribution in [3.05, 3.63) is 0 Å². The predicted molar refractivity (Wildman–Crippen MR) is 61.9 cm³/mol. The molecule has 0 aliphatic heterocycles. The quantitative estimate of drug-likeness (QED) is 0.726. The Bertz CT molecular complexity index is 144. The molecule has 1 aliphatic rings. The fourth-order valence-corrected chi connectivity index (χ4v) is 3.29. The minimum absolute atomic E-state index is 0.729. The molecule has 2 heteroatoms. The van der Waals surface area contributed by atoms with Crippen LogP contribution in [-0.2, 0) is 0 Å². The Morgan fingerprint density at radius 3 is 2.00 bits per heavy atom. The second-order valence-electron chi connectivity index (χ2n) is 4.81. The molecule has 4 N–H and O–H groups in total. The molecule has 4 atom stereocenters. The van der Waals surface area contributed by atoms with Gasteiger partial charge in [-0.2, -0.15) is 0 Å². The van der Waals surface area contributed by atoms with E-state index in [9.17, 15) is 0 Å². The van der Waals surface area contributed by atoms with Crippen molar-refractivity contribution in [1.82, 2.24) is 0 Å². The first-order valence-electron chi connectivity index (χ1n) is 6.16. The van der Waals surface area contributed by atoms with Gasteiger partial charge in [0.1, 0.15) is 0 Å². The Balaban J connectivity index is 2.63. The van der Waals surface area contributed by atoms with Gasteiger partial charge in [0.05, 0.1) is 0 Å². The van der Waals surface area contributed by atoms with Gasteiger partial charge < -0.3 is 11.5 Å². The molecule has 1 fully saturated rings.